The molecule has 106 valence electrons. The van der Waals surface area contributed by atoms with Crippen molar-refractivity contribution in [2.24, 2.45) is 5.92 Å². The molecule has 2 heteroatoms. The third-order valence-electron chi connectivity index (χ3n) is 3.90. The van der Waals surface area contributed by atoms with Crippen LogP contribution in [0.3, 0.4) is 0 Å². The van der Waals surface area contributed by atoms with Gasteiger partial charge in [0.1, 0.15) is 0 Å². The first-order valence-electron chi connectivity index (χ1n) is 7.79. The standard InChI is InChI=1S/C16H32N2/c1-4-5-6-7-8-11-18-12-9-16(10-13-18)14-17-15(2)3/h4,15-17H,1,5-14H2,2-3H3. The molecule has 1 fully saturated rings. The van der Waals surface area contributed by atoms with Crippen LogP contribution in [-0.4, -0.2) is 37.1 Å². The van der Waals surface area contributed by atoms with Crippen LogP contribution in [0.25, 0.3) is 0 Å². The summed E-state index contributed by atoms with van der Waals surface area (Å²) < 4.78 is 0. The molecule has 1 heterocycles. The highest BCUT2D eigenvalue weighted by Crippen LogP contribution is 2.17. The minimum absolute atomic E-state index is 0.632. The summed E-state index contributed by atoms with van der Waals surface area (Å²) in [5, 5.41) is 3.57. The normalized spacial score (nSPS) is 18.4. The van der Waals surface area contributed by atoms with Gasteiger partial charge >= 0.3 is 0 Å². The number of allylic oxidation sites excluding steroid dienone is 1. The van der Waals surface area contributed by atoms with Crippen molar-refractivity contribution in [2.45, 2.75) is 58.4 Å². The van der Waals surface area contributed by atoms with Gasteiger partial charge in [-0.3, -0.25) is 0 Å². The lowest BCUT2D eigenvalue weighted by Crippen LogP contribution is -2.39. The number of piperidine rings is 1. The van der Waals surface area contributed by atoms with Crippen LogP contribution in [0, 0.1) is 5.92 Å². The molecule has 0 aromatic rings. The molecule has 0 unspecified atom stereocenters. The summed E-state index contributed by atoms with van der Waals surface area (Å²) in [4.78, 5) is 2.65. The van der Waals surface area contributed by atoms with Crippen LogP contribution in [0.15, 0.2) is 12.7 Å². The summed E-state index contributed by atoms with van der Waals surface area (Å²) in [6.45, 7) is 13.4. The molecule has 0 radical (unpaired) electrons. The molecule has 0 spiro atoms. The molecule has 0 aromatic heterocycles. The summed E-state index contributed by atoms with van der Waals surface area (Å²) in [5.74, 6) is 0.907. The van der Waals surface area contributed by atoms with Crippen molar-refractivity contribution in [2.75, 3.05) is 26.2 Å². The van der Waals surface area contributed by atoms with Crippen molar-refractivity contribution in [3.8, 4) is 0 Å². The zero-order valence-corrected chi connectivity index (χ0v) is 12.5. The number of hydrogen-bond acceptors (Lipinski definition) is 2. The maximum Gasteiger partial charge on any atom is 0.00104 e. The van der Waals surface area contributed by atoms with Crippen molar-refractivity contribution in [1.29, 1.82) is 0 Å². The number of unbranched alkanes of at least 4 members (excludes halogenated alkanes) is 3. The Bertz CT molecular complexity index is 205. The van der Waals surface area contributed by atoms with E-state index in [-0.39, 0.29) is 0 Å². The van der Waals surface area contributed by atoms with Crippen molar-refractivity contribution >= 4 is 0 Å². The molecular weight excluding hydrogens is 220 g/mol. The van der Waals surface area contributed by atoms with Crippen LogP contribution < -0.4 is 5.32 Å². The first-order valence-corrected chi connectivity index (χ1v) is 7.79. The summed E-state index contributed by atoms with van der Waals surface area (Å²) in [7, 11) is 0. The van der Waals surface area contributed by atoms with E-state index in [4.69, 9.17) is 0 Å². The largest absolute Gasteiger partial charge is 0.314 e. The summed E-state index contributed by atoms with van der Waals surface area (Å²) >= 11 is 0. The third kappa shape index (κ3) is 7.17. The van der Waals surface area contributed by atoms with Gasteiger partial charge in [0.2, 0.25) is 0 Å². The highest BCUT2D eigenvalue weighted by atomic mass is 15.1. The molecule has 1 aliphatic rings. The van der Waals surface area contributed by atoms with Crippen LogP contribution in [0.5, 0.6) is 0 Å². The number of rotatable bonds is 9. The molecule has 1 saturated heterocycles. The molecule has 1 rings (SSSR count). The van der Waals surface area contributed by atoms with Gasteiger partial charge in [-0.2, -0.15) is 0 Å². The van der Waals surface area contributed by atoms with Crippen LogP contribution in [0.4, 0.5) is 0 Å². The third-order valence-corrected chi connectivity index (χ3v) is 3.90. The zero-order valence-electron chi connectivity index (χ0n) is 12.5. The fourth-order valence-electron chi connectivity index (χ4n) is 2.62. The van der Waals surface area contributed by atoms with Crippen LogP contribution in [0.2, 0.25) is 0 Å². The van der Waals surface area contributed by atoms with Crippen molar-refractivity contribution < 1.29 is 0 Å². The van der Waals surface area contributed by atoms with E-state index < -0.39 is 0 Å². The van der Waals surface area contributed by atoms with Crippen molar-refractivity contribution in [3.63, 3.8) is 0 Å². The van der Waals surface area contributed by atoms with E-state index in [2.05, 4.69) is 30.6 Å². The second-order valence-corrected chi connectivity index (χ2v) is 5.99. The highest BCUT2D eigenvalue weighted by molar-refractivity contribution is 4.74. The average molecular weight is 252 g/mol. The van der Waals surface area contributed by atoms with Gasteiger partial charge in [0, 0.05) is 6.04 Å². The van der Waals surface area contributed by atoms with Gasteiger partial charge in [-0.25, -0.2) is 0 Å². The number of likely N-dealkylation sites (tertiary alicyclic amines) is 1. The Hall–Kier alpha value is -0.340. The maximum absolute atomic E-state index is 3.77. The second kappa shape index (κ2) is 9.57. The summed E-state index contributed by atoms with van der Waals surface area (Å²) in [5.41, 5.74) is 0. The highest BCUT2D eigenvalue weighted by Gasteiger charge is 2.18. The molecule has 1 aliphatic heterocycles. The van der Waals surface area contributed by atoms with E-state index in [0.29, 0.717) is 6.04 Å². The molecule has 0 amide bonds. The van der Waals surface area contributed by atoms with Gasteiger partial charge in [0.15, 0.2) is 0 Å². The van der Waals surface area contributed by atoms with Crippen LogP contribution in [-0.2, 0) is 0 Å². The van der Waals surface area contributed by atoms with E-state index >= 15 is 0 Å². The molecule has 18 heavy (non-hydrogen) atoms. The molecule has 0 aliphatic carbocycles. The lowest BCUT2D eigenvalue weighted by atomic mass is 9.96. The van der Waals surface area contributed by atoms with Gasteiger partial charge in [-0.15, -0.1) is 6.58 Å². The van der Waals surface area contributed by atoms with Crippen molar-refractivity contribution in [1.82, 2.24) is 10.2 Å². The van der Waals surface area contributed by atoms with Crippen molar-refractivity contribution in [3.05, 3.63) is 12.7 Å². The minimum Gasteiger partial charge on any atom is -0.314 e. The van der Waals surface area contributed by atoms with E-state index in [9.17, 15) is 0 Å². The van der Waals surface area contributed by atoms with Gasteiger partial charge < -0.3 is 10.2 Å². The van der Waals surface area contributed by atoms with Gasteiger partial charge in [0.25, 0.3) is 0 Å². The van der Waals surface area contributed by atoms with Crippen LogP contribution >= 0.6 is 0 Å². The van der Waals surface area contributed by atoms with Gasteiger partial charge in [-0.05, 0) is 64.2 Å². The van der Waals surface area contributed by atoms with E-state index in [0.717, 1.165) is 5.92 Å². The number of hydrogen-bond donors (Lipinski definition) is 1. The molecule has 2 nitrogen and oxygen atoms in total. The minimum atomic E-state index is 0.632. The monoisotopic (exact) mass is 252 g/mol. The smallest absolute Gasteiger partial charge is 0.00104 e. The molecule has 1 N–H and O–H groups in total. The second-order valence-electron chi connectivity index (χ2n) is 5.99. The van der Waals surface area contributed by atoms with Crippen LogP contribution in [0.1, 0.15) is 52.4 Å². The topological polar surface area (TPSA) is 15.3 Å². The molecular formula is C16H32N2. The number of nitrogens with zero attached hydrogens (tertiary/aromatic N) is 1. The lowest BCUT2D eigenvalue weighted by Gasteiger charge is -2.32. The Balaban J connectivity index is 1.99. The maximum atomic E-state index is 3.77. The molecule has 0 aromatic carbocycles. The molecule has 0 saturated carbocycles. The predicted octanol–water partition coefficient (Wildman–Crippen LogP) is 3.44. The fourth-order valence-corrected chi connectivity index (χ4v) is 2.62. The SMILES string of the molecule is C=CCCCCCN1CCC(CNC(C)C)CC1. The first kappa shape index (κ1) is 15.7. The Morgan fingerprint density at radius 3 is 2.56 bits per heavy atom. The zero-order chi connectivity index (χ0) is 13.2. The Kier molecular flexibility index (Phi) is 8.36. The fraction of sp³-hybridized carbons (Fsp3) is 0.875. The van der Waals surface area contributed by atoms with Gasteiger partial charge in [-0.1, -0.05) is 26.3 Å². The van der Waals surface area contributed by atoms with E-state index in [1.54, 1.807) is 0 Å². The number of nitrogens with one attached hydrogen (secondary N) is 1. The van der Waals surface area contributed by atoms with E-state index in [1.165, 1.54) is 64.7 Å². The average Bonchev–Trinajstić information content (AvgIpc) is 2.37. The first-order chi connectivity index (χ1) is 8.72. The lowest BCUT2D eigenvalue weighted by molar-refractivity contribution is 0.178. The quantitative estimate of drug-likeness (QED) is 0.499. The summed E-state index contributed by atoms with van der Waals surface area (Å²) in [6.07, 6.45) is 10.0. The Morgan fingerprint density at radius 1 is 1.22 bits per heavy atom. The molecule has 0 atom stereocenters. The Labute approximate surface area is 114 Å². The van der Waals surface area contributed by atoms with E-state index in [1.807, 2.05) is 6.08 Å². The Morgan fingerprint density at radius 2 is 1.94 bits per heavy atom. The predicted molar refractivity (Wildman–Crippen MR) is 81.0 cm³/mol. The van der Waals surface area contributed by atoms with Gasteiger partial charge in [0.05, 0.1) is 0 Å². The summed E-state index contributed by atoms with van der Waals surface area (Å²) in [6, 6.07) is 0.632. The molecule has 0 bridgehead atoms.